The molecule has 0 aliphatic carbocycles. The van der Waals surface area contributed by atoms with Gasteiger partial charge in [0.1, 0.15) is 6.04 Å². The normalized spacial score (nSPS) is 11.7. The Morgan fingerprint density at radius 1 is 1.00 bits per heavy atom. The summed E-state index contributed by atoms with van der Waals surface area (Å²) in [6.07, 6.45) is 0. The van der Waals surface area contributed by atoms with Crippen LogP contribution in [0.3, 0.4) is 0 Å². The van der Waals surface area contributed by atoms with E-state index in [4.69, 9.17) is 11.6 Å². The largest absolute Gasteiger partial charge is 0.392 e. The summed E-state index contributed by atoms with van der Waals surface area (Å²) >= 11 is 6.17. The van der Waals surface area contributed by atoms with Crippen LogP contribution in [0.5, 0.6) is 0 Å². The predicted molar refractivity (Wildman–Crippen MR) is 110 cm³/mol. The summed E-state index contributed by atoms with van der Waals surface area (Å²) in [5.41, 5.74) is 3.96. The van der Waals surface area contributed by atoms with E-state index in [-0.39, 0.29) is 12.5 Å². The third-order valence-corrected chi connectivity index (χ3v) is 4.66. The number of aryl methyl sites for hydroxylation is 1. The first kappa shape index (κ1) is 19.0. The van der Waals surface area contributed by atoms with E-state index in [0.717, 1.165) is 22.4 Å². The molecular weight excluding hydrogens is 360 g/mol. The van der Waals surface area contributed by atoms with E-state index in [1.165, 1.54) is 0 Å². The molecule has 138 valence electrons. The van der Waals surface area contributed by atoms with Crippen LogP contribution in [-0.2, 0) is 11.4 Å². The van der Waals surface area contributed by atoms with Crippen molar-refractivity contribution in [1.82, 2.24) is 0 Å². The Bertz CT molecular complexity index is 929. The second-order valence-electron chi connectivity index (χ2n) is 6.30. The van der Waals surface area contributed by atoms with E-state index < -0.39 is 6.04 Å². The van der Waals surface area contributed by atoms with Crippen molar-refractivity contribution in [2.24, 2.45) is 0 Å². The standard InChI is InChI=1S/C22H21ClN2O2/c1-15-10-11-19(13-20(15)23)25-22(27)21(17-7-3-2-4-8-17)24-18-9-5-6-16(12-18)14-26/h2-13,21,24,26H,14H2,1H3,(H,25,27). The molecule has 0 saturated carbocycles. The molecule has 3 rings (SSSR count). The predicted octanol–water partition coefficient (Wildman–Crippen LogP) is 4.93. The Kier molecular flexibility index (Phi) is 6.12. The summed E-state index contributed by atoms with van der Waals surface area (Å²) in [7, 11) is 0. The summed E-state index contributed by atoms with van der Waals surface area (Å²) in [6, 6.07) is 21.7. The maximum Gasteiger partial charge on any atom is 0.251 e. The molecule has 0 fully saturated rings. The van der Waals surface area contributed by atoms with Gasteiger partial charge in [-0.25, -0.2) is 0 Å². The lowest BCUT2D eigenvalue weighted by Crippen LogP contribution is -2.27. The zero-order chi connectivity index (χ0) is 19.2. The molecule has 1 unspecified atom stereocenters. The van der Waals surface area contributed by atoms with Crippen LogP contribution in [0.25, 0.3) is 0 Å². The highest BCUT2D eigenvalue weighted by Gasteiger charge is 2.21. The van der Waals surface area contributed by atoms with E-state index in [2.05, 4.69) is 10.6 Å². The van der Waals surface area contributed by atoms with Gasteiger partial charge in [-0.05, 0) is 47.9 Å². The lowest BCUT2D eigenvalue weighted by molar-refractivity contribution is -0.117. The zero-order valence-corrected chi connectivity index (χ0v) is 15.7. The summed E-state index contributed by atoms with van der Waals surface area (Å²) in [5.74, 6) is -0.199. The first-order valence-corrected chi connectivity index (χ1v) is 9.03. The number of hydrogen-bond acceptors (Lipinski definition) is 3. The average Bonchev–Trinajstić information content (AvgIpc) is 2.69. The molecule has 27 heavy (non-hydrogen) atoms. The van der Waals surface area contributed by atoms with Crippen LogP contribution in [0.15, 0.2) is 72.8 Å². The number of amides is 1. The van der Waals surface area contributed by atoms with Crippen LogP contribution >= 0.6 is 11.6 Å². The molecule has 0 spiro atoms. The van der Waals surface area contributed by atoms with Gasteiger partial charge in [-0.2, -0.15) is 0 Å². The maximum absolute atomic E-state index is 13.0. The number of rotatable bonds is 6. The Labute approximate surface area is 163 Å². The monoisotopic (exact) mass is 380 g/mol. The van der Waals surface area contributed by atoms with Gasteiger partial charge in [0.25, 0.3) is 5.91 Å². The third-order valence-electron chi connectivity index (χ3n) is 4.26. The van der Waals surface area contributed by atoms with Crippen LogP contribution in [0.4, 0.5) is 11.4 Å². The molecule has 0 heterocycles. The molecule has 1 amide bonds. The lowest BCUT2D eigenvalue weighted by Gasteiger charge is -2.20. The topological polar surface area (TPSA) is 61.4 Å². The van der Waals surface area contributed by atoms with Crippen LogP contribution in [0, 0.1) is 6.92 Å². The molecule has 3 N–H and O–H groups in total. The van der Waals surface area contributed by atoms with E-state index in [1.807, 2.05) is 73.7 Å². The van der Waals surface area contributed by atoms with Crippen molar-refractivity contribution in [3.05, 3.63) is 94.5 Å². The fourth-order valence-corrected chi connectivity index (χ4v) is 2.94. The van der Waals surface area contributed by atoms with Gasteiger partial charge in [0.05, 0.1) is 6.61 Å². The fraction of sp³-hybridized carbons (Fsp3) is 0.136. The lowest BCUT2D eigenvalue weighted by atomic mass is 10.0. The summed E-state index contributed by atoms with van der Waals surface area (Å²) < 4.78 is 0. The quantitative estimate of drug-likeness (QED) is 0.568. The van der Waals surface area contributed by atoms with Crippen molar-refractivity contribution in [2.75, 3.05) is 10.6 Å². The van der Waals surface area contributed by atoms with Gasteiger partial charge >= 0.3 is 0 Å². The van der Waals surface area contributed by atoms with E-state index in [0.29, 0.717) is 10.7 Å². The highest BCUT2D eigenvalue weighted by molar-refractivity contribution is 6.31. The van der Waals surface area contributed by atoms with Crippen molar-refractivity contribution in [2.45, 2.75) is 19.6 Å². The molecule has 0 bridgehead atoms. The summed E-state index contributed by atoms with van der Waals surface area (Å²) in [4.78, 5) is 13.0. The van der Waals surface area contributed by atoms with Gasteiger partial charge in [-0.1, -0.05) is 60.1 Å². The first-order valence-electron chi connectivity index (χ1n) is 8.65. The van der Waals surface area contributed by atoms with Crippen molar-refractivity contribution >= 4 is 28.9 Å². The molecular formula is C22H21ClN2O2. The minimum absolute atomic E-state index is 0.0560. The number of hydrogen-bond donors (Lipinski definition) is 3. The number of aliphatic hydroxyl groups excluding tert-OH is 1. The van der Waals surface area contributed by atoms with Gasteiger partial charge < -0.3 is 15.7 Å². The zero-order valence-electron chi connectivity index (χ0n) is 14.9. The molecule has 0 saturated heterocycles. The second kappa shape index (κ2) is 8.71. The van der Waals surface area contributed by atoms with Crippen LogP contribution < -0.4 is 10.6 Å². The Morgan fingerprint density at radius 3 is 2.48 bits per heavy atom. The number of anilines is 2. The Hall–Kier alpha value is -2.82. The van der Waals surface area contributed by atoms with Crippen LogP contribution in [0.2, 0.25) is 5.02 Å². The fourth-order valence-electron chi connectivity index (χ4n) is 2.76. The number of carbonyl (C=O) groups is 1. The van der Waals surface area contributed by atoms with Crippen LogP contribution in [-0.4, -0.2) is 11.0 Å². The average molecular weight is 381 g/mol. The van der Waals surface area contributed by atoms with Gasteiger partial charge in [0.2, 0.25) is 0 Å². The smallest absolute Gasteiger partial charge is 0.251 e. The molecule has 0 aliphatic rings. The molecule has 5 heteroatoms. The SMILES string of the molecule is Cc1ccc(NC(=O)C(Nc2cccc(CO)c2)c2ccccc2)cc1Cl. The molecule has 1 atom stereocenters. The minimum atomic E-state index is -0.597. The van der Waals surface area contributed by atoms with Gasteiger partial charge in [0, 0.05) is 16.4 Å². The van der Waals surface area contributed by atoms with Crippen molar-refractivity contribution in [3.8, 4) is 0 Å². The molecule has 0 aromatic heterocycles. The molecule has 4 nitrogen and oxygen atoms in total. The highest BCUT2D eigenvalue weighted by Crippen LogP contribution is 2.24. The van der Waals surface area contributed by atoms with Gasteiger partial charge in [-0.3, -0.25) is 4.79 Å². The second-order valence-corrected chi connectivity index (χ2v) is 6.71. The maximum atomic E-state index is 13.0. The van der Waals surface area contributed by atoms with Crippen molar-refractivity contribution < 1.29 is 9.90 Å². The van der Waals surface area contributed by atoms with Gasteiger partial charge in [-0.15, -0.1) is 0 Å². The summed E-state index contributed by atoms with van der Waals surface area (Å²) in [6.45, 7) is 1.86. The molecule has 0 aliphatic heterocycles. The van der Waals surface area contributed by atoms with Crippen molar-refractivity contribution in [3.63, 3.8) is 0 Å². The van der Waals surface area contributed by atoms with E-state index in [9.17, 15) is 9.90 Å². The Balaban J connectivity index is 1.87. The number of benzene rings is 3. The Morgan fingerprint density at radius 2 is 1.78 bits per heavy atom. The minimum Gasteiger partial charge on any atom is -0.392 e. The van der Waals surface area contributed by atoms with E-state index >= 15 is 0 Å². The van der Waals surface area contributed by atoms with Crippen LogP contribution in [0.1, 0.15) is 22.7 Å². The summed E-state index contributed by atoms with van der Waals surface area (Å²) in [5, 5.41) is 16.1. The first-order chi connectivity index (χ1) is 13.1. The van der Waals surface area contributed by atoms with Crippen molar-refractivity contribution in [1.29, 1.82) is 0 Å². The molecule has 0 radical (unpaired) electrons. The number of nitrogens with one attached hydrogen (secondary N) is 2. The highest BCUT2D eigenvalue weighted by atomic mass is 35.5. The molecule has 3 aromatic rings. The third kappa shape index (κ3) is 4.88. The van der Waals surface area contributed by atoms with E-state index in [1.54, 1.807) is 6.07 Å². The number of aliphatic hydroxyl groups is 1. The van der Waals surface area contributed by atoms with Gasteiger partial charge in [0.15, 0.2) is 0 Å². The number of carbonyl (C=O) groups excluding carboxylic acids is 1. The number of halogens is 1. The molecule has 3 aromatic carbocycles.